The van der Waals surface area contributed by atoms with Crippen LogP contribution in [0.5, 0.6) is 0 Å². The monoisotopic (exact) mass is 592 g/mol. The maximum Gasteiger partial charge on any atom is 0.109 e. The predicted molar refractivity (Wildman–Crippen MR) is 151 cm³/mol. The van der Waals surface area contributed by atoms with E-state index < -0.39 is 0 Å². The Balaban J connectivity index is 1.87. The zero-order valence-corrected chi connectivity index (χ0v) is 22.7. The highest BCUT2D eigenvalue weighted by Gasteiger charge is 2.26. The van der Waals surface area contributed by atoms with Crippen molar-refractivity contribution < 1.29 is 4.74 Å². The van der Waals surface area contributed by atoms with Crippen molar-refractivity contribution in [2.24, 2.45) is 11.5 Å². The molecule has 5 heteroatoms. The number of nitrogens with two attached hydrogens (primary N) is 2. The van der Waals surface area contributed by atoms with E-state index in [0.29, 0.717) is 13.1 Å². The van der Waals surface area contributed by atoms with Gasteiger partial charge in [-0.05, 0) is 83.6 Å². The van der Waals surface area contributed by atoms with Crippen molar-refractivity contribution in [3.63, 3.8) is 0 Å². The molecule has 0 aromatic heterocycles. The van der Waals surface area contributed by atoms with Crippen LogP contribution in [0.1, 0.15) is 45.6 Å². The Morgan fingerprint density at radius 3 is 1.34 bits per heavy atom. The van der Waals surface area contributed by atoms with Gasteiger partial charge in [0.15, 0.2) is 0 Å². The SMILES string of the molecule is NCCc1cc(Br)ccc1C(OC(c1ccccc1)c1ccc(Br)cc1CCN)c1ccccc1. The topological polar surface area (TPSA) is 61.3 Å². The van der Waals surface area contributed by atoms with Gasteiger partial charge >= 0.3 is 0 Å². The number of ether oxygens (including phenoxy) is 1. The molecule has 0 spiro atoms. The van der Waals surface area contributed by atoms with Gasteiger partial charge in [-0.25, -0.2) is 0 Å². The first kappa shape index (κ1) is 25.8. The maximum absolute atomic E-state index is 7.14. The Kier molecular flexibility index (Phi) is 9.30. The Morgan fingerprint density at radius 2 is 0.971 bits per heavy atom. The van der Waals surface area contributed by atoms with Crippen molar-refractivity contribution >= 4 is 31.9 Å². The average molecular weight is 594 g/mol. The predicted octanol–water partition coefficient (Wildman–Crippen LogP) is 7.11. The molecule has 0 fully saturated rings. The standard InChI is InChI=1S/C30H30Br2N2O/c31-25-11-13-27(23(19-25)15-17-33)29(21-7-3-1-4-8-21)35-30(22-9-5-2-6-10-22)28-14-12-26(32)20-24(28)16-18-34/h1-14,19-20,29-30H,15-18,33-34H2. The van der Waals surface area contributed by atoms with Gasteiger partial charge in [-0.1, -0.05) is 105 Å². The molecule has 4 aromatic carbocycles. The lowest BCUT2D eigenvalue weighted by molar-refractivity contribution is 0.0299. The van der Waals surface area contributed by atoms with E-state index in [1.165, 1.54) is 11.1 Å². The molecule has 2 atom stereocenters. The lowest BCUT2D eigenvalue weighted by Gasteiger charge is -2.29. The van der Waals surface area contributed by atoms with E-state index in [9.17, 15) is 0 Å². The maximum atomic E-state index is 7.14. The number of benzene rings is 4. The summed E-state index contributed by atoms with van der Waals surface area (Å²) in [4.78, 5) is 0. The van der Waals surface area contributed by atoms with Crippen molar-refractivity contribution in [2.45, 2.75) is 25.0 Å². The molecule has 4 rings (SSSR count). The second-order valence-electron chi connectivity index (χ2n) is 8.48. The summed E-state index contributed by atoms with van der Waals surface area (Å²) in [6.07, 6.45) is 0.999. The first-order chi connectivity index (χ1) is 17.1. The van der Waals surface area contributed by atoms with Crippen LogP contribution in [0, 0.1) is 0 Å². The highest BCUT2D eigenvalue weighted by molar-refractivity contribution is 9.10. The van der Waals surface area contributed by atoms with Gasteiger partial charge in [-0.2, -0.15) is 0 Å². The van der Waals surface area contributed by atoms with Gasteiger partial charge in [0.2, 0.25) is 0 Å². The molecule has 0 amide bonds. The van der Waals surface area contributed by atoms with Gasteiger partial charge in [0.25, 0.3) is 0 Å². The van der Waals surface area contributed by atoms with Crippen LogP contribution in [0.25, 0.3) is 0 Å². The summed E-state index contributed by atoms with van der Waals surface area (Å²) in [7, 11) is 0. The molecule has 0 heterocycles. The smallest absolute Gasteiger partial charge is 0.109 e. The van der Waals surface area contributed by atoms with E-state index in [1.54, 1.807) is 0 Å². The minimum absolute atomic E-state index is 0.273. The highest BCUT2D eigenvalue weighted by Crippen LogP contribution is 2.39. The van der Waals surface area contributed by atoms with Crippen LogP contribution < -0.4 is 11.5 Å². The third-order valence-electron chi connectivity index (χ3n) is 6.08. The Labute approximate surface area is 224 Å². The summed E-state index contributed by atoms with van der Waals surface area (Å²) in [6.45, 7) is 1.14. The van der Waals surface area contributed by atoms with Gasteiger partial charge < -0.3 is 16.2 Å². The van der Waals surface area contributed by atoms with E-state index in [0.717, 1.165) is 44.0 Å². The van der Waals surface area contributed by atoms with E-state index in [-0.39, 0.29) is 12.2 Å². The fraction of sp³-hybridized carbons (Fsp3) is 0.200. The van der Waals surface area contributed by atoms with E-state index in [2.05, 4.69) is 117 Å². The van der Waals surface area contributed by atoms with Crippen LogP contribution in [-0.2, 0) is 17.6 Å². The van der Waals surface area contributed by atoms with E-state index in [1.807, 2.05) is 12.1 Å². The van der Waals surface area contributed by atoms with Crippen molar-refractivity contribution in [1.29, 1.82) is 0 Å². The quantitative estimate of drug-likeness (QED) is 0.206. The van der Waals surface area contributed by atoms with Crippen LogP contribution in [0.3, 0.4) is 0 Å². The Hall–Kier alpha value is -2.28. The molecule has 3 nitrogen and oxygen atoms in total. The lowest BCUT2D eigenvalue weighted by Crippen LogP contribution is -2.17. The number of rotatable bonds is 10. The second kappa shape index (κ2) is 12.6. The van der Waals surface area contributed by atoms with Gasteiger partial charge in [-0.3, -0.25) is 0 Å². The molecule has 180 valence electrons. The zero-order chi connectivity index (χ0) is 24.6. The lowest BCUT2D eigenvalue weighted by atomic mass is 9.92. The molecule has 4 aromatic rings. The summed E-state index contributed by atoms with van der Waals surface area (Å²) < 4.78 is 9.21. The van der Waals surface area contributed by atoms with Crippen LogP contribution in [0.4, 0.5) is 0 Å². The van der Waals surface area contributed by atoms with Crippen molar-refractivity contribution in [3.05, 3.63) is 139 Å². The van der Waals surface area contributed by atoms with Crippen LogP contribution in [-0.4, -0.2) is 13.1 Å². The molecule has 0 radical (unpaired) electrons. The molecule has 0 aliphatic carbocycles. The van der Waals surface area contributed by atoms with Gasteiger partial charge in [0.1, 0.15) is 12.2 Å². The average Bonchev–Trinajstić information content (AvgIpc) is 2.88. The summed E-state index contributed by atoms with van der Waals surface area (Å²) in [5.41, 5.74) is 18.8. The normalized spacial score (nSPS) is 12.9. The molecule has 0 bridgehead atoms. The molecule has 0 aliphatic rings. The minimum atomic E-state index is -0.273. The number of hydrogen-bond donors (Lipinski definition) is 2. The van der Waals surface area contributed by atoms with E-state index in [4.69, 9.17) is 16.2 Å². The summed E-state index contributed by atoms with van der Waals surface area (Å²) in [6, 6.07) is 33.6. The third kappa shape index (κ3) is 6.49. The Bertz CT molecular complexity index is 1130. The molecular formula is C30H30Br2N2O. The van der Waals surface area contributed by atoms with Gasteiger partial charge in [-0.15, -0.1) is 0 Å². The third-order valence-corrected chi connectivity index (χ3v) is 7.07. The van der Waals surface area contributed by atoms with E-state index >= 15 is 0 Å². The van der Waals surface area contributed by atoms with Gasteiger partial charge in [0.05, 0.1) is 0 Å². The molecular weight excluding hydrogens is 564 g/mol. The molecule has 4 N–H and O–H groups in total. The van der Waals surface area contributed by atoms with Crippen molar-refractivity contribution in [3.8, 4) is 0 Å². The molecule has 2 unspecified atom stereocenters. The second-order valence-corrected chi connectivity index (χ2v) is 10.3. The fourth-order valence-electron chi connectivity index (χ4n) is 4.46. The molecule has 0 saturated carbocycles. The fourth-order valence-corrected chi connectivity index (χ4v) is 5.28. The molecule has 0 aliphatic heterocycles. The highest BCUT2D eigenvalue weighted by atomic mass is 79.9. The number of hydrogen-bond acceptors (Lipinski definition) is 3. The minimum Gasteiger partial charge on any atom is -0.356 e. The van der Waals surface area contributed by atoms with Crippen LogP contribution in [0.15, 0.2) is 106 Å². The summed E-state index contributed by atoms with van der Waals surface area (Å²) >= 11 is 7.26. The van der Waals surface area contributed by atoms with Crippen LogP contribution in [0.2, 0.25) is 0 Å². The van der Waals surface area contributed by atoms with Crippen LogP contribution >= 0.6 is 31.9 Å². The molecule has 35 heavy (non-hydrogen) atoms. The molecule has 0 saturated heterocycles. The summed E-state index contributed by atoms with van der Waals surface area (Å²) in [5, 5.41) is 0. The Morgan fingerprint density at radius 1 is 0.571 bits per heavy atom. The number of halogens is 2. The van der Waals surface area contributed by atoms with Gasteiger partial charge in [0, 0.05) is 8.95 Å². The van der Waals surface area contributed by atoms with Crippen molar-refractivity contribution in [1.82, 2.24) is 0 Å². The zero-order valence-electron chi connectivity index (χ0n) is 19.5. The van der Waals surface area contributed by atoms with Crippen molar-refractivity contribution in [2.75, 3.05) is 13.1 Å². The largest absolute Gasteiger partial charge is 0.356 e. The summed E-state index contributed by atoms with van der Waals surface area (Å²) in [5.74, 6) is 0. The first-order valence-corrected chi connectivity index (χ1v) is 13.4. The first-order valence-electron chi connectivity index (χ1n) is 11.8.